The van der Waals surface area contributed by atoms with E-state index in [0.29, 0.717) is 23.8 Å². The van der Waals surface area contributed by atoms with Gasteiger partial charge in [0.25, 0.3) is 5.91 Å². The lowest BCUT2D eigenvalue weighted by Gasteiger charge is -2.23. The average molecular weight is 390 g/mol. The molecule has 6 nitrogen and oxygen atoms in total. The van der Waals surface area contributed by atoms with E-state index in [-0.39, 0.29) is 33.8 Å². The Bertz CT molecular complexity index is 993. The lowest BCUT2D eigenvalue weighted by Crippen LogP contribution is -2.31. The summed E-state index contributed by atoms with van der Waals surface area (Å²) in [5.74, 6) is 0.154. The molecule has 1 fully saturated rings. The summed E-state index contributed by atoms with van der Waals surface area (Å²) in [5.41, 5.74) is 1.10. The molecule has 140 valence electrons. The molecule has 27 heavy (non-hydrogen) atoms. The highest BCUT2D eigenvalue weighted by atomic mass is 35.5. The van der Waals surface area contributed by atoms with E-state index < -0.39 is 5.82 Å². The second kappa shape index (κ2) is 6.81. The summed E-state index contributed by atoms with van der Waals surface area (Å²) in [6.45, 7) is 3.99. The average Bonchev–Trinajstić information content (AvgIpc) is 3.34. The number of likely N-dealkylation sites (tertiary alicyclic amines) is 1. The number of halogens is 2. The van der Waals surface area contributed by atoms with Crippen LogP contribution >= 0.6 is 11.6 Å². The first kappa shape index (κ1) is 17.7. The molecule has 0 N–H and O–H groups in total. The number of hydrogen-bond acceptors (Lipinski definition) is 5. The van der Waals surface area contributed by atoms with Gasteiger partial charge in [0.15, 0.2) is 0 Å². The Balaban J connectivity index is 1.76. The van der Waals surface area contributed by atoms with Crippen molar-refractivity contribution in [1.82, 2.24) is 15.2 Å². The number of benzene rings is 1. The van der Waals surface area contributed by atoms with Crippen LogP contribution in [-0.2, 0) is 0 Å². The largest absolute Gasteiger partial charge is 0.361 e. The van der Waals surface area contributed by atoms with Crippen molar-refractivity contribution in [3.63, 3.8) is 0 Å². The molecule has 0 saturated carbocycles. The summed E-state index contributed by atoms with van der Waals surface area (Å²) in [5, 5.41) is 8.14. The fourth-order valence-electron chi connectivity index (χ4n) is 3.52. The van der Waals surface area contributed by atoms with E-state index in [4.69, 9.17) is 20.6 Å². The van der Waals surface area contributed by atoms with Crippen molar-refractivity contribution < 1.29 is 18.2 Å². The highest BCUT2D eigenvalue weighted by Gasteiger charge is 2.36. The van der Waals surface area contributed by atoms with Crippen LogP contribution in [0.4, 0.5) is 4.39 Å². The first-order valence-electron chi connectivity index (χ1n) is 8.62. The van der Waals surface area contributed by atoms with E-state index >= 15 is 0 Å². The zero-order valence-corrected chi connectivity index (χ0v) is 15.6. The van der Waals surface area contributed by atoms with E-state index in [1.54, 1.807) is 24.8 Å². The van der Waals surface area contributed by atoms with E-state index in [1.807, 2.05) is 6.07 Å². The summed E-state index contributed by atoms with van der Waals surface area (Å²) < 4.78 is 24.8. The van der Waals surface area contributed by atoms with Gasteiger partial charge < -0.3 is 13.9 Å². The SMILES string of the molecule is Cc1cc(C2CCCN2C(=O)c2c(-c3c(F)cccc3Cl)noc2C)no1. The molecule has 1 atom stereocenters. The van der Waals surface area contributed by atoms with Crippen LogP contribution in [0, 0.1) is 19.7 Å². The highest BCUT2D eigenvalue weighted by Crippen LogP contribution is 2.37. The number of carbonyl (C=O) groups excluding carboxylic acids is 1. The Morgan fingerprint density at radius 3 is 2.81 bits per heavy atom. The van der Waals surface area contributed by atoms with Gasteiger partial charge in [0.2, 0.25) is 0 Å². The van der Waals surface area contributed by atoms with Crippen molar-refractivity contribution >= 4 is 17.5 Å². The lowest BCUT2D eigenvalue weighted by molar-refractivity contribution is 0.0729. The van der Waals surface area contributed by atoms with Crippen LogP contribution in [0.2, 0.25) is 5.02 Å². The van der Waals surface area contributed by atoms with Crippen LogP contribution in [0.15, 0.2) is 33.3 Å². The molecule has 3 heterocycles. The van der Waals surface area contributed by atoms with Crippen LogP contribution in [0.3, 0.4) is 0 Å². The molecule has 1 unspecified atom stereocenters. The Labute approximate surface area is 159 Å². The van der Waals surface area contributed by atoms with Crippen LogP contribution in [0.25, 0.3) is 11.3 Å². The summed E-state index contributed by atoms with van der Waals surface area (Å²) in [4.78, 5) is 15.0. The summed E-state index contributed by atoms with van der Waals surface area (Å²) in [7, 11) is 0. The van der Waals surface area contributed by atoms with E-state index in [0.717, 1.165) is 12.8 Å². The molecule has 1 aliphatic heterocycles. The topological polar surface area (TPSA) is 72.4 Å². The first-order valence-corrected chi connectivity index (χ1v) is 9.00. The smallest absolute Gasteiger partial charge is 0.260 e. The first-order chi connectivity index (χ1) is 13.0. The fraction of sp³-hybridized carbons (Fsp3) is 0.316. The second-order valence-electron chi connectivity index (χ2n) is 6.58. The molecular formula is C19H17ClFN3O3. The van der Waals surface area contributed by atoms with Crippen molar-refractivity contribution in [2.75, 3.05) is 6.54 Å². The van der Waals surface area contributed by atoms with Gasteiger partial charge in [0, 0.05) is 12.6 Å². The number of nitrogens with zero attached hydrogens (tertiary/aromatic N) is 3. The lowest BCUT2D eigenvalue weighted by atomic mass is 10.0. The maximum atomic E-state index is 14.4. The number of amides is 1. The fourth-order valence-corrected chi connectivity index (χ4v) is 3.77. The van der Waals surface area contributed by atoms with Crippen molar-refractivity contribution in [1.29, 1.82) is 0 Å². The molecule has 0 radical (unpaired) electrons. The van der Waals surface area contributed by atoms with Gasteiger partial charge in [0.1, 0.15) is 34.3 Å². The molecule has 4 rings (SSSR count). The van der Waals surface area contributed by atoms with Gasteiger partial charge in [-0.15, -0.1) is 0 Å². The van der Waals surface area contributed by atoms with Crippen LogP contribution < -0.4 is 0 Å². The predicted molar refractivity (Wildman–Crippen MR) is 95.9 cm³/mol. The number of aryl methyl sites for hydroxylation is 2. The van der Waals surface area contributed by atoms with Crippen LogP contribution in [0.5, 0.6) is 0 Å². The van der Waals surface area contributed by atoms with Crippen molar-refractivity contribution in [3.05, 3.63) is 57.9 Å². The van der Waals surface area contributed by atoms with E-state index in [9.17, 15) is 9.18 Å². The predicted octanol–water partition coefficient (Wildman–Crippen LogP) is 4.72. The second-order valence-corrected chi connectivity index (χ2v) is 6.99. The molecule has 1 aromatic carbocycles. The van der Waals surface area contributed by atoms with E-state index in [2.05, 4.69) is 10.3 Å². The minimum atomic E-state index is -0.560. The Hall–Kier alpha value is -2.67. The molecule has 1 amide bonds. The van der Waals surface area contributed by atoms with Crippen LogP contribution in [0.1, 0.15) is 46.5 Å². The molecule has 0 bridgehead atoms. The van der Waals surface area contributed by atoms with Crippen molar-refractivity contribution in [2.24, 2.45) is 0 Å². The normalized spacial score (nSPS) is 16.9. The molecule has 1 saturated heterocycles. The standard InChI is InChI=1S/C19H17ClFN3O3/c1-10-9-14(22-26-10)15-7-4-8-24(15)19(25)16-11(2)27-23-18(16)17-12(20)5-3-6-13(17)21/h3,5-6,9,15H,4,7-8H2,1-2H3. The van der Waals surface area contributed by atoms with Gasteiger partial charge in [-0.3, -0.25) is 4.79 Å². The quantitative estimate of drug-likeness (QED) is 0.648. The van der Waals surface area contributed by atoms with Gasteiger partial charge >= 0.3 is 0 Å². The number of rotatable bonds is 3. The molecule has 1 aliphatic rings. The number of aromatic nitrogens is 2. The molecule has 0 spiro atoms. The zero-order valence-electron chi connectivity index (χ0n) is 14.8. The summed E-state index contributed by atoms with van der Waals surface area (Å²) in [6, 6.07) is 5.95. The molecule has 8 heteroatoms. The maximum absolute atomic E-state index is 14.4. The highest BCUT2D eigenvalue weighted by molar-refractivity contribution is 6.33. The van der Waals surface area contributed by atoms with Crippen LogP contribution in [-0.4, -0.2) is 27.7 Å². The Morgan fingerprint density at radius 2 is 2.11 bits per heavy atom. The third kappa shape index (κ3) is 3.02. The van der Waals surface area contributed by atoms with Crippen molar-refractivity contribution in [2.45, 2.75) is 32.7 Å². The van der Waals surface area contributed by atoms with Gasteiger partial charge in [-0.25, -0.2) is 4.39 Å². The van der Waals surface area contributed by atoms with E-state index in [1.165, 1.54) is 12.1 Å². The zero-order chi connectivity index (χ0) is 19.1. The minimum absolute atomic E-state index is 0.0624. The number of carbonyl (C=O) groups is 1. The Kier molecular flexibility index (Phi) is 4.47. The Morgan fingerprint density at radius 1 is 1.30 bits per heavy atom. The molecule has 0 aliphatic carbocycles. The van der Waals surface area contributed by atoms with Gasteiger partial charge in [0.05, 0.1) is 16.6 Å². The summed E-state index contributed by atoms with van der Waals surface area (Å²) in [6.07, 6.45) is 1.61. The third-order valence-corrected chi connectivity index (χ3v) is 5.09. The van der Waals surface area contributed by atoms with Crippen molar-refractivity contribution in [3.8, 4) is 11.3 Å². The number of hydrogen-bond donors (Lipinski definition) is 0. The summed E-state index contributed by atoms with van der Waals surface area (Å²) >= 11 is 6.17. The maximum Gasteiger partial charge on any atom is 0.260 e. The molecule has 2 aromatic heterocycles. The van der Waals surface area contributed by atoms with Gasteiger partial charge in [-0.1, -0.05) is 28.0 Å². The van der Waals surface area contributed by atoms with Gasteiger partial charge in [-0.2, -0.15) is 0 Å². The molecule has 3 aromatic rings. The monoisotopic (exact) mass is 389 g/mol. The minimum Gasteiger partial charge on any atom is -0.361 e. The molecular weight excluding hydrogens is 373 g/mol. The third-order valence-electron chi connectivity index (χ3n) is 4.78. The van der Waals surface area contributed by atoms with Gasteiger partial charge in [-0.05, 0) is 38.8 Å².